The summed E-state index contributed by atoms with van der Waals surface area (Å²) in [6, 6.07) is 11.9. The van der Waals surface area contributed by atoms with Crippen LogP contribution in [-0.2, 0) is 13.0 Å². The first-order valence-electron chi connectivity index (χ1n) is 13.6. The number of aromatic amines is 1. The first-order chi connectivity index (χ1) is 17.9. The second kappa shape index (κ2) is 11.9. The Hall–Kier alpha value is -0.917. The number of hydrogen-bond acceptors (Lipinski definition) is 6. The summed E-state index contributed by atoms with van der Waals surface area (Å²) in [6.07, 6.45) is 1.52. The van der Waals surface area contributed by atoms with E-state index in [4.69, 9.17) is 13.0 Å². The fourth-order valence-electron chi connectivity index (χ4n) is 5.76. The first kappa shape index (κ1) is 30.1. The summed E-state index contributed by atoms with van der Waals surface area (Å²) >= 11 is 1.78. The number of thioether (sulfide) groups is 1. The van der Waals surface area contributed by atoms with Crippen molar-refractivity contribution in [2.45, 2.75) is 99.1 Å². The van der Waals surface area contributed by atoms with Gasteiger partial charge in [0.25, 0.3) is 0 Å². The molecule has 4 atom stereocenters. The molecule has 2 saturated heterocycles. The zero-order valence-electron chi connectivity index (χ0n) is 23.7. The first-order valence-corrected chi connectivity index (χ1v) is 20.3. The molecule has 0 saturated carbocycles. The van der Waals surface area contributed by atoms with Crippen LogP contribution in [0.25, 0.3) is 0 Å². The van der Waals surface area contributed by atoms with Crippen LogP contribution in [-0.4, -0.2) is 59.6 Å². The second-order valence-electron chi connectivity index (χ2n) is 11.5. The van der Waals surface area contributed by atoms with Crippen molar-refractivity contribution in [2.24, 2.45) is 0 Å². The average molecular weight is 642 g/mol. The predicted octanol–water partition coefficient (Wildman–Crippen LogP) is 4.93. The van der Waals surface area contributed by atoms with Gasteiger partial charge in [0.05, 0.1) is 0 Å². The molecule has 4 rings (SSSR count). The number of rotatable bonds is 7. The van der Waals surface area contributed by atoms with Crippen LogP contribution in [0.5, 0.6) is 0 Å². The molecule has 1 N–H and O–H groups in total. The van der Waals surface area contributed by atoms with Crippen LogP contribution < -0.4 is 15.7 Å². The zero-order valence-corrected chi connectivity index (χ0v) is 28.2. The molecule has 2 fully saturated rings. The van der Waals surface area contributed by atoms with Gasteiger partial charge in [0, 0.05) is 0 Å². The summed E-state index contributed by atoms with van der Waals surface area (Å²) < 4.78 is 24.8. The van der Waals surface area contributed by atoms with Crippen LogP contribution in [0.15, 0.2) is 52.2 Å². The zero-order chi connectivity index (χ0) is 27.8. The van der Waals surface area contributed by atoms with E-state index in [0.29, 0.717) is 6.61 Å². The fraction of sp³-hybridized carbons (Fsp3) is 0.630. The van der Waals surface area contributed by atoms with Crippen LogP contribution in [0.1, 0.15) is 60.8 Å². The number of benzene rings is 1. The van der Waals surface area contributed by atoms with Crippen LogP contribution in [0.2, 0.25) is 27.0 Å². The molecule has 11 heteroatoms. The Labute approximate surface area is 239 Å². The normalized spacial score (nSPS) is 27.1. The molecule has 3 heterocycles. The van der Waals surface area contributed by atoms with Crippen molar-refractivity contribution in [3.8, 4) is 0 Å². The Morgan fingerprint density at radius 2 is 1.53 bits per heavy atom. The molecule has 0 unspecified atom stereocenters. The number of nitrogens with one attached hydrogen (secondary N) is 1. The van der Waals surface area contributed by atoms with Gasteiger partial charge in [0.2, 0.25) is 0 Å². The van der Waals surface area contributed by atoms with E-state index in [2.05, 4.69) is 84.6 Å². The van der Waals surface area contributed by atoms with Gasteiger partial charge in [-0.05, 0) is 0 Å². The molecule has 1 aromatic heterocycles. The van der Waals surface area contributed by atoms with Gasteiger partial charge in [-0.1, -0.05) is 0 Å². The van der Waals surface area contributed by atoms with Gasteiger partial charge >= 0.3 is 240 Å². The molecule has 2 aromatic rings. The van der Waals surface area contributed by atoms with Gasteiger partial charge in [0.1, 0.15) is 0 Å². The quantitative estimate of drug-likeness (QED) is 0.432. The Morgan fingerprint density at radius 3 is 2.08 bits per heavy atom. The minimum absolute atomic E-state index is 0.0197. The van der Waals surface area contributed by atoms with Crippen LogP contribution in [0.4, 0.5) is 0 Å². The molecule has 0 bridgehead atoms. The third-order valence-electron chi connectivity index (χ3n) is 7.76. The fourth-order valence-corrected chi connectivity index (χ4v) is 22.5. The summed E-state index contributed by atoms with van der Waals surface area (Å²) in [5.74, 6) is 0. The number of H-pyrrole nitrogens is 1. The van der Waals surface area contributed by atoms with Crippen molar-refractivity contribution < 1.29 is 13.0 Å². The number of nitrogens with zero attached hydrogens (tertiary/aromatic N) is 1. The van der Waals surface area contributed by atoms with Crippen molar-refractivity contribution in [1.29, 1.82) is 0 Å². The van der Waals surface area contributed by atoms with Crippen LogP contribution in [0, 0.1) is 0 Å². The van der Waals surface area contributed by atoms with Gasteiger partial charge in [0.15, 0.2) is 0 Å². The van der Waals surface area contributed by atoms with Crippen molar-refractivity contribution in [3.05, 3.63) is 63.4 Å². The van der Waals surface area contributed by atoms with Crippen LogP contribution >= 0.6 is 11.8 Å². The van der Waals surface area contributed by atoms with Crippen molar-refractivity contribution in [1.82, 2.24) is 9.55 Å². The Kier molecular flexibility index (Phi) is 9.41. The van der Waals surface area contributed by atoms with E-state index < -0.39 is 17.1 Å². The molecule has 7 nitrogen and oxygen atoms in total. The molecule has 0 amide bonds. The minimum atomic E-state index is -2.79. The molecule has 2 aliphatic rings. The van der Waals surface area contributed by atoms with Crippen molar-refractivity contribution >= 4 is 48.3 Å². The summed E-state index contributed by atoms with van der Waals surface area (Å²) in [5.41, 5.74) is 0.271. The van der Waals surface area contributed by atoms with E-state index in [-0.39, 0.29) is 69.9 Å². The Balaban J connectivity index is 1.85. The van der Waals surface area contributed by atoms with Crippen LogP contribution in [0.3, 0.4) is 0 Å². The van der Waals surface area contributed by atoms with E-state index in [0.717, 1.165) is 0 Å². The average Bonchev–Trinajstić information content (AvgIpc) is 3.14. The van der Waals surface area contributed by atoms with Gasteiger partial charge in [-0.2, -0.15) is 0 Å². The second-order valence-corrected chi connectivity index (χ2v) is 24.4. The Bertz CT molecular complexity index is 1190. The van der Waals surface area contributed by atoms with Crippen molar-refractivity contribution in [3.63, 3.8) is 0 Å². The molecular formula is C27H42N2O5SSeSi2. The monoisotopic (exact) mass is 642 g/mol. The van der Waals surface area contributed by atoms with E-state index in [1.807, 2.05) is 6.07 Å². The maximum absolute atomic E-state index is 13.0. The summed E-state index contributed by atoms with van der Waals surface area (Å²) in [7, 11) is -5.43. The Morgan fingerprint density at radius 1 is 0.921 bits per heavy atom. The predicted molar refractivity (Wildman–Crippen MR) is 161 cm³/mol. The summed E-state index contributed by atoms with van der Waals surface area (Å²) in [4.78, 5) is 27.4. The van der Waals surface area contributed by atoms with Gasteiger partial charge < -0.3 is 0 Å². The van der Waals surface area contributed by atoms with Gasteiger partial charge in [-0.15, -0.1) is 0 Å². The SMILES string of the molecule is CC(C)[Si]1(C(C)C)OC[C@H]2S[C@@H](n3ccc(=O)[nH]c3=O)[C@H]([Se]c3ccccc3)[C@@H]2O[Si](C(C)C)(C(C)C)O1. The molecular weight excluding hydrogens is 600 g/mol. The van der Waals surface area contributed by atoms with Gasteiger partial charge in [-0.25, -0.2) is 0 Å². The number of aromatic nitrogens is 2. The topological polar surface area (TPSA) is 82.6 Å². The van der Waals surface area contributed by atoms with E-state index in [9.17, 15) is 9.59 Å². The summed E-state index contributed by atoms with van der Waals surface area (Å²) in [6.45, 7) is 18.4. The molecule has 1 aromatic carbocycles. The molecule has 0 aliphatic carbocycles. The molecule has 210 valence electrons. The van der Waals surface area contributed by atoms with Gasteiger partial charge in [-0.3, -0.25) is 0 Å². The standard InChI is InChI=1S/C27H42N2O5SSeSi2/c1-17(2)37(18(3)4)32-16-22-24(33-38(34-37,19(5)6)20(7)8)25(36-21-12-10-9-11-13-21)26(35-22)29-15-14-23(30)28-27(29)31/h9-15,17-20,22,24-26H,16H2,1-8H3,(H,28,30,31)/t22-,24-,25-,26-/m1/s1. The third kappa shape index (κ3) is 5.63. The van der Waals surface area contributed by atoms with Crippen molar-refractivity contribution in [2.75, 3.05) is 6.61 Å². The third-order valence-corrected chi connectivity index (χ3v) is 22.8. The van der Waals surface area contributed by atoms with E-state index in [1.165, 1.54) is 10.5 Å². The van der Waals surface area contributed by atoms with E-state index >= 15 is 0 Å². The molecule has 0 spiro atoms. The molecule has 2 aliphatic heterocycles. The number of hydrogen-bond donors (Lipinski definition) is 1. The van der Waals surface area contributed by atoms with E-state index in [1.54, 1.807) is 22.5 Å². The molecule has 38 heavy (non-hydrogen) atoms. The summed E-state index contributed by atoms with van der Waals surface area (Å²) in [5, 5.41) is -0.108. The maximum atomic E-state index is 13.0. The molecule has 0 radical (unpaired) electrons. The number of fused-ring (bicyclic) bond motifs is 1.